The predicted octanol–water partition coefficient (Wildman–Crippen LogP) is 4.49. The smallest absolute Gasteiger partial charge is 0.0749 e. The Hall–Kier alpha value is 0.560. The highest BCUT2D eigenvalue weighted by Crippen LogP contribution is 2.56. The van der Waals surface area contributed by atoms with Crippen LogP contribution >= 0.6 is 23.4 Å². The molecule has 0 radical (unpaired) electrons. The summed E-state index contributed by atoms with van der Waals surface area (Å²) in [5.74, 6) is 1.71. The first kappa shape index (κ1) is 16.4. The van der Waals surface area contributed by atoms with E-state index in [0.717, 1.165) is 43.1 Å². The van der Waals surface area contributed by atoms with Crippen molar-refractivity contribution in [2.24, 2.45) is 11.8 Å². The second-order valence-electron chi connectivity index (χ2n) is 6.79. The van der Waals surface area contributed by atoms with Crippen molar-refractivity contribution < 1.29 is 9.47 Å². The zero-order valence-corrected chi connectivity index (χ0v) is 14.9. The predicted molar refractivity (Wildman–Crippen MR) is 90.3 cm³/mol. The van der Waals surface area contributed by atoms with Gasteiger partial charge in [-0.05, 0) is 57.3 Å². The third-order valence-corrected chi connectivity index (χ3v) is 8.04. The maximum atomic E-state index is 6.77. The van der Waals surface area contributed by atoms with E-state index in [1.807, 2.05) is 0 Å². The normalized spacial score (nSPS) is 46.1. The Labute approximate surface area is 138 Å². The minimum absolute atomic E-state index is 0.203. The summed E-state index contributed by atoms with van der Waals surface area (Å²) in [6, 6.07) is 0. The summed E-state index contributed by atoms with van der Waals surface area (Å²) < 4.78 is 11.9. The molecule has 0 amide bonds. The van der Waals surface area contributed by atoms with Gasteiger partial charge in [0, 0.05) is 23.7 Å². The van der Waals surface area contributed by atoms with E-state index >= 15 is 0 Å². The van der Waals surface area contributed by atoms with Gasteiger partial charge in [0.2, 0.25) is 0 Å². The van der Waals surface area contributed by atoms with Crippen molar-refractivity contribution >= 4 is 23.4 Å². The molecule has 7 atom stereocenters. The van der Waals surface area contributed by atoms with Crippen LogP contribution in [0.4, 0.5) is 0 Å². The molecule has 21 heavy (non-hydrogen) atoms. The van der Waals surface area contributed by atoms with Crippen LogP contribution in [0.25, 0.3) is 0 Å². The molecule has 1 saturated heterocycles. The van der Waals surface area contributed by atoms with Crippen LogP contribution in [-0.2, 0) is 9.47 Å². The minimum atomic E-state index is 0.203. The maximum absolute atomic E-state index is 6.77. The molecule has 3 rings (SSSR count). The zero-order valence-electron chi connectivity index (χ0n) is 13.3. The van der Waals surface area contributed by atoms with Gasteiger partial charge in [-0.25, -0.2) is 0 Å². The number of hydrogen-bond donors (Lipinski definition) is 0. The number of thioether (sulfide) groups is 1. The lowest BCUT2D eigenvalue weighted by Gasteiger charge is -2.38. The second kappa shape index (κ2) is 7.42. The molecule has 3 fully saturated rings. The summed E-state index contributed by atoms with van der Waals surface area (Å²) in [6.45, 7) is 5.98. The van der Waals surface area contributed by atoms with E-state index in [1.165, 1.54) is 25.7 Å². The molecule has 0 N–H and O–H groups in total. The molecular weight excluding hydrogens is 304 g/mol. The van der Waals surface area contributed by atoms with Gasteiger partial charge in [-0.3, -0.25) is 0 Å². The molecular formula is C17H29ClO2S. The quantitative estimate of drug-likeness (QED) is 0.691. The number of ether oxygens (including phenoxy) is 2. The topological polar surface area (TPSA) is 18.5 Å². The molecule has 0 aromatic heterocycles. The van der Waals surface area contributed by atoms with Gasteiger partial charge in [-0.15, -0.1) is 11.6 Å². The van der Waals surface area contributed by atoms with E-state index in [9.17, 15) is 0 Å². The fourth-order valence-corrected chi connectivity index (χ4v) is 7.25. The molecule has 3 aliphatic rings. The SMILES string of the molecule is CCCOC1CCC2C(C1)SC1C(Cl)C(OCC)CCC21. The van der Waals surface area contributed by atoms with Crippen LogP contribution in [0.15, 0.2) is 0 Å². The fourth-order valence-electron chi connectivity index (χ4n) is 4.55. The van der Waals surface area contributed by atoms with Crippen LogP contribution in [0, 0.1) is 11.8 Å². The van der Waals surface area contributed by atoms with Crippen molar-refractivity contribution in [3.63, 3.8) is 0 Å². The molecule has 0 bridgehead atoms. The van der Waals surface area contributed by atoms with Gasteiger partial charge in [0.15, 0.2) is 0 Å². The van der Waals surface area contributed by atoms with Gasteiger partial charge in [0.05, 0.1) is 17.6 Å². The molecule has 2 nitrogen and oxygen atoms in total. The monoisotopic (exact) mass is 332 g/mol. The van der Waals surface area contributed by atoms with Crippen molar-refractivity contribution in [3.8, 4) is 0 Å². The van der Waals surface area contributed by atoms with E-state index < -0.39 is 0 Å². The first-order valence-electron chi connectivity index (χ1n) is 8.77. The molecule has 122 valence electrons. The first-order valence-corrected chi connectivity index (χ1v) is 10.1. The summed E-state index contributed by atoms with van der Waals surface area (Å²) in [7, 11) is 0. The molecule has 2 aliphatic carbocycles. The van der Waals surface area contributed by atoms with Crippen molar-refractivity contribution in [2.45, 2.75) is 80.5 Å². The first-order chi connectivity index (χ1) is 10.2. The van der Waals surface area contributed by atoms with E-state index in [1.54, 1.807) is 0 Å². The summed E-state index contributed by atoms with van der Waals surface area (Å²) >= 11 is 8.93. The average Bonchev–Trinajstić information content (AvgIpc) is 2.87. The summed E-state index contributed by atoms with van der Waals surface area (Å²) in [6.07, 6.45) is 8.21. The fraction of sp³-hybridized carbons (Fsp3) is 1.00. The second-order valence-corrected chi connectivity index (χ2v) is 8.71. The Morgan fingerprint density at radius 1 is 1.05 bits per heavy atom. The summed E-state index contributed by atoms with van der Waals surface area (Å²) in [4.78, 5) is 0. The third kappa shape index (κ3) is 3.41. The molecule has 4 heteroatoms. The molecule has 0 aromatic carbocycles. The highest BCUT2D eigenvalue weighted by molar-refractivity contribution is 8.00. The summed E-state index contributed by atoms with van der Waals surface area (Å²) in [5.41, 5.74) is 0. The number of hydrogen-bond acceptors (Lipinski definition) is 3. The van der Waals surface area contributed by atoms with E-state index in [-0.39, 0.29) is 11.5 Å². The van der Waals surface area contributed by atoms with E-state index in [4.69, 9.17) is 21.1 Å². The zero-order chi connectivity index (χ0) is 14.8. The molecule has 0 aromatic rings. The van der Waals surface area contributed by atoms with Gasteiger partial charge >= 0.3 is 0 Å². The van der Waals surface area contributed by atoms with Gasteiger partial charge in [0.1, 0.15) is 0 Å². The van der Waals surface area contributed by atoms with Crippen molar-refractivity contribution in [2.75, 3.05) is 13.2 Å². The van der Waals surface area contributed by atoms with Gasteiger partial charge in [0.25, 0.3) is 0 Å². The van der Waals surface area contributed by atoms with Gasteiger partial charge < -0.3 is 9.47 Å². The molecule has 0 spiro atoms. The Kier molecular flexibility index (Phi) is 5.80. The Bertz CT molecular complexity index is 341. The van der Waals surface area contributed by atoms with E-state index in [2.05, 4.69) is 25.6 Å². The van der Waals surface area contributed by atoms with Crippen LogP contribution < -0.4 is 0 Å². The molecule has 7 unspecified atom stereocenters. The van der Waals surface area contributed by atoms with Gasteiger partial charge in [-0.1, -0.05) is 6.92 Å². The highest BCUT2D eigenvalue weighted by Gasteiger charge is 2.52. The standard InChI is InChI=1S/C17H29ClO2S/c1-3-9-20-11-5-6-12-13-7-8-14(19-4-2)16(18)17(13)21-15(12)10-11/h11-17H,3-10H2,1-2H3. The molecule has 1 heterocycles. The average molecular weight is 333 g/mol. The number of rotatable bonds is 5. The van der Waals surface area contributed by atoms with E-state index in [0.29, 0.717) is 11.4 Å². The Balaban J connectivity index is 1.60. The van der Waals surface area contributed by atoms with Crippen LogP contribution in [0.2, 0.25) is 0 Å². The lowest BCUT2D eigenvalue weighted by atomic mass is 9.72. The number of fused-ring (bicyclic) bond motifs is 3. The van der Waals surface area contributed by atoms with Crippen LogP contribution in [0.5, 0.6) is 0 Å². The highest BCUT2D eigenvalue weighted by atomic mass is 35.5. The molecule has 1 aliphatic heterocycles. The largest absolute Gasteiger partial charge is 0.378 e. The van der Waals surface area contributed by atoms with Crippen LogP contribution in [0.1, 0.15) is 52.4 Å². The summed E-state index contributed by atoms with van der Waals surface area (Å²) in [5, 5.41) is 1.59. The number of halogens is 1. The number of alkyl halides is 1. The Morgan fingerprint density at radius 3 is 2.62 bits per heavy atom. The minimum Gasteiger partial charge on any atom is -0.378 e. The van der Waals surface area contributed by atoms with Gasteiger partial charge in [-0.2, -0.15) is 11.8 Å². The third-order valence-electron chi connectivity index (χ3n) is 5.49. The van der Waals surface area contributed by atoms with Crippen molar-refractivity contribution in [1.82, 2.24) is 0 Å². The van der Waals surface area contributed by atoms with Crippen molar-refractivity contribution in [1.29, 1.82) is 0 Å². The van der Waals surface area contributed by atoms with Crippen molar-refractivity contribution in [3.05, 3.63) is 0 Å². The van der Waals surface area contributed by atoms with Crippen LogP contribution in [0.3, 0.4) is 0 Å². The lowest BCUT2D eigenvalue weighted by molar-refractivity contribution is 0.00372. The van der Waals surface area contributed by atoms with Crippen LogP contribution in [-0.4, -0.2) is 41.3 Å². The Morgan fingerprint density at radius 2 is 1.86 bits per heavy atom. The lowest BCUT2D eigenvalue weighted by Crippen LogP contribution is -2.42. The maximum Gasteiger partial charge on any atom is 0.0749 e. The molecule has 2 saturated carbocycles.